The van der Waals surface area contributed by atoms with Crippen molar-refractivity contribution in [2.24, 2.45) is 0 Å². The Morgan fingerprint density at radius 1 is 0.571 bits per heavy atom. The summed E-state index contributed by atoms with van der Waals surface area (Å²) in [6.07, 6.45) is 0. The first-order valence-corrected chi connectivity index (χ1v) is 8.43. The molecule has 0 N–H and O–H groups in total. The summed E-state index contributed by atoms with van der Waals surface area (Å²) < 4.78 is 0. The summed E-state index contributed by atoms with van der Waals surface area (Å²) in [5.41, 5.74) is 3.25. The quantitative estimate of drug-likeness (QED) is 0.441. The first kappa shape index (κ1) is 18.8. The Labute approximate surface area is 161 Å². The van der Waals surface area contributed by atoms with Gasteiger partial charge in [-0.3, -0.25) is 20.2 Å². The van der Waals surface area contributed by atoms with Crippen molar-refractivity contribution in [3.8, 4) is 0 Å². The zero-order chi connectivity index (χ0) is 20.3. The summed E-state index contributed by atoms with van der Waals surface area (Å²) >= 11 is 0. The smallest absolute Gasteiger partial charge is 0.269 e. The molecule has 3 rings (SSSR count). The van der Waals surface area contributed by atoms with E-state index in [9.17, 15) is 20.2 Å². The molecule has 142 valence electrons. The molecule has 28 heavy (non-hydrogen) atoms. The minimum Gasteiger partial charge on any atom is -0.378 e. The van der Waals surface area contributed by atoms with Gasteiger partial charge in [0.2, 0.25) is 0 Å². The lowest BCUT2D eigenvalue weighted by Gasteiger charge is -2.26. The van der Waals surface area contributed by atoms with Gasteiger partial charge in [-0.25, -0.2) is 0 Å². The largest absolute Gasteiger partial charge is 0.378 e. The number of rotatable bonds is 6. The van der Waals surface area contributed by atoms with Crippen molar-refractivity contribution in [2.75, 3.05) is 23.9 Å². The summed E-state index contributed by atoms with van der Waals surface area (Å²) in [5, 5.41) is 21.9. The summed E-state index contributed by atoms with van der Waals surface area (Å²) in [6.45, 7) is 0. The highest BCUT2D eigenvalue weighted by Gasteiger charge is 2.16. The number of hydrogen-bond acceptors (Lipinski definition) is 6. The van der Waals surface area contributed by atoms with Gasteiger partial charge in [-0.05, 0) is 48.5 Å². The number of anilines is 4. The Bertz CT molecular complexity index is 927. The van der Waals surface area contributed by atoms with Gasteiger partial charge in [0, 0.05) is 61.1 Å². The molecule has 0 fully saturated rings. The van der Waals surface area contributed by atoms with Crippen LogP contribution in [0, 0.1) is 20.2 Å². The van der Waals surface area contributed by atoms with Crippen LogP contribution in [-0.4, -0.2) is 23.9 Å². The van der Waals surface area contributed by atoms with Crippen LogP contribution in [0.4, 0.5) is 34.1 Å². The van der Waals surface area contributed by atoms with Crippen molar-refractivity contribution < 1.29 is 9.85 Å². The van der Waals surface area contributed by atoms with Gasteiger partial charge in [0.15, 0.2) is 0 Å². The highest BCUT2D eigenvalue weighted by molar-refractivity contribution is 5.78. The molecule has 0 bridgehead atoms. The highest BCUT2D eigenvalue weighted by Crippen LogP contribution is 2.36. The molecule has 3 aromatic rings. The van der Waals surface area contributed by atoms with Gasteiger partial charge in [-0.2, -0.15) is 0 Å². The summed E-state index contributed by atoms with van der Waals surface area (Å²) in [6, 6.07) is 20.1. The number of non-ortho nitro benzene ring substituents is 2. The number of hydrogen-bond donors (Lipinski definition) is 0. The van der Waals surface area contributed by atoms with Crippen molar-refractivity contribution in [1.29, 1.82) is 0 Å². The monoisotopic (exact) mass is 378 g/mol. The molecule has 0 heterocycles. The molecule has 0 saturated heterocycles. The third-order valence-corrected chi connectivity index (χ3v) is 4.26. The van der Waals surface area contributed by atoms with Crippen molar-refractivity contribution in [1.82, 2.24) is 0 Å². The van der Waals surface area contributed by atoms with Crippen LogP contribution in [0.15, 0.2) is 72.8 Å². The van der Waals surface area contributed by atoms with Crippen LogP contribution in [0.25, 0.3) is 0 Å². The molecule has 0 aliphatic carbocycles. The molecule has 0 atom stereocenters. The minimum absolute atomic E-state index is 0.00430. The maximum absolute atomic E-state index is 10.9. The second-order valence-electron chi connectivity index (χ2n) is 6.29. The van der Waals surface area contributed by atoms with Crippen molar-refractivity contribution in [2.45, 2.75) is 0 Å². The Hall–Kier alpha value is -3.94. The van der Waals surface area contributed by atoms with Crippen LogP contribution in [0.5, 0.6) is 0 Å². The van der Waals surface area contributed by atoms with E-state index in [0.717, 1.165) is 11.4 Å². The minimum atomic E-state index is -0.453. The number of nitrogens with zero attached hydrogens (tertiary/aromatic N) is 4. The van der Waals surface area contributed by atoms with E-state index in [4.69, 9.17) is 0 Å². The highest BCUT2D eigenvalue weighted by atomic mass is 16.6. The summed E-state index contributed by atoms with van der Waals surface area (Å²) in [7, 11) is 3.89. The summed E-state index contributed by atoms with van der Waals surface area (Å²) in [4.78, 5) is 24.9. The van der Waals surface area contributed by atoms with Crippen LogP contribution >= 0.6 is 0 Å². The van der Waals surface area contributed by atoms with Crippen LogP contribution in [-0.2, 0) is 0 Å². The van der Waals surface area contributed by atoms with Gasteiger partial charge < -0.3 is 9.80 Å². The Morgan fingerprint density at radius 3 is 1.14 bits per heavy atom. The fraction of sp³-hybridized carbons (Fsp3) is 0.100. The molecule has 0 radical (unpaired) electrons. The van der Waals surface area contributed by atoms with Crippen LogP contribution in [0.2, 0.25) is 0 Å². The second-order valence-corrected chi connectivity index (χ2v) is 6.29. The lowest BCUT2D eigenvalue weighted by Crippen LogP contribution is -2.11. The van der Waals surface area contributed by atoms with Crippen molar-refractivity contribution in [3.05, 3.63) is 93.0 Å². The van der Waals surface area contributed by atoms with Crippen LogP contribution in [0.3, 0.4) is 0 Å². The zero-order valence-corrected chi connectivity index (χ0v) is 15.4. The standard InChI is InChI=1S/C20H18N4O4/c1-21(2)15-3-5-16(6-4-15)22(17-7-11-19(12-8-17)23(25)26)18-9-13-20(14-10-18)24(27)28/h3-14H,1-2H3. The van der Waals surface area contributed by atoms with Gasteiger partial charge >= 0.3 is 0 Å². The van der Waals surface area contributed by atoms with E-state index in [0.29, 0.717) is 11.4 Å². The lowest BCUT2D eigenvalue weighted by atomic mass is 10.1. The molecule has 0 aliphatic heterocycles. The first-order valence-electron chi connectivity index (χ1n) is 8.43. The van der Waals surface area contributed by atoms with E-state index in [2.05, 4.69) is 0 Å². The van der Waals surface area contributed by atoms with E-state index in [-0.39, 0.29) is 11.4 Å². The Kier molecular flexibility index (Phi) is 5.21. The maximum atomic E-state index is 10.9. The van der Waals surface area contributed by atoms with Crippen molar-refractivity contribution >= 4 is 34.1 Å². The lowest BCUT2D eigenvalue weighted by molar-refractivity contribution is -0.385. The Morgan fingerprint density at radius 2 is 0.857 bits per heavy atom. The van der Waals surface area contributed by atoms with Gasteiger partial charge in [0.1, 0.15) is 0 Å². The summed E-state index contributed by atoms with van der Waals surface area (Å²) in [5.74, 6) is 0. The molecule has 0 aliphatic rings. The normalized spacial score (nSPS) is 10.4. The fourth-order valence-electron chi connectivity index (χ4n) is 2.79. The molecular formula is C20H18N4O4. The average Bonchev–Trinajstić information content (AvgIpc) is 2.69. The number of benzene rings is 3. The van der Waals surface area contributed by atoms with E-state index >= 15 is 0 Å². The van der Waals surface area contributed by atoms with Gasteiger partial charge in [0.05, 0.1) is 9.85 Å². The third-order valence-electron chi connectivity index (χ3n) is 4.26. The molecule has 0 unspecified atom stereocenters. The van der Waals surface area contributed by atoms with Crippen LogP contribution in [0.1, 0.15) is 0 Å². The fourth-order valence-corrected chi connectivity index (χ4v) is 2.79. The van der Waals surface area contributed by atoms with E-state index in [1.54, 1.807) is 24.3 Å². The molecule has 0 saturated carbocycles. The average molecular weight is 378 g/mol. The SMILES string of the molecule is CN(C)c1ccc(N(c2ccc([N+](=O)[O-])cc2)c2ccc([N+](=O)[O-])cc2)cc1. The zero-order valence-electron chi connectivity index (χ0n) is 15.4. The topological polar surface area (TPSA) is 92.8 Å². The van der Waals surface area contributed by atoms with Gasteiger partial charge in [-0.15, -0.1) is 0 Å². The molecule has 8 nitrogen and oxygen atoms in total. The van der Waals surface area contributed by atoms with Gasteiger partial charge in [0.25, 0.3) is 11.4 Å². The van der Waals surface area contributed by atoms with E-state index < -0.39 is 9.85 Å². The number of nitro groups is 2. The second kappa shape index (κ2) is 7.75. The number of nitro benzene ring substituents is 2. The Balaban J connectivity index is 2.07. The molecule has 0 aromatic heterocycles. The first-order chi connectivity index (χ1) is 13.4. The molecule has 8 heteroatoms. The van der Waals surface area contributed by atoms with E-state index in [1.165, 1.54) is 24.3 Å². The van der Waals surface area contributed by atoms with E-state index in [1.807, 2.05) is 48.2 Å². The molecule has 3 aromatic carbocycles. The van der Waals surface area contributed by atoms with Gasteiger partial charge in [-0.1, -0.05) is 0 Å². The molecule has 0 spiro atoms. The molecular weight excluding hydrogens is 360 g/mol. The predicted molar refractivity (Wildman–Crippen MR) is 109 cm³/mol. The third kappa shape index (κ3) is 3.90. The van der Waals surface area contributed by atoms with Crippen molar-refractivity contribution in [3.63, 3.8) is 0 Å². The van der Waals surface area contributed by atoms with Crippen LogP contribution < -0.4 is 9.80 Å². The maximum Gasteiger partial charge on any atom is 0.269 e. The predicted octanol–water partition coefficient (Wildman–Crippen LogP) is 5.04. The molecule has 0 amide bonds.